The molecule has 6 rings (SSSR count). The molecule has 0 unspecified atom stereocenters. The molecular weight excluding hydrogens is 508 g/mol. The number of hydrogen-bond donors (Lipinski definition) is 1. The van der Waals surface area contributed by atoms with E-state index in [9.17, 15) is 8.42 Å². The Morgan fingerprint density at radius 2 is 1.90 bits per heavy atom. The monoisotopic (exact) mass is 542 g/mol. The standard InChI is InChI=1S/C30H34N6O2S/c1-21-14-25(24-4-3-10-32-17-24)16-28-29(21)33-20-34-30(28)36-13-9-23-5-6-27(15-26(23)19-36)39(37,38)35(2)18-22-7-11-31-12-8-22/h3-6,10,14-17,20,22,31H,7-9,11-13,18-19H2,1-2H3. The third kappa shape index (κ3) is 5.14. The van der Waals surface area contributed by atoms with Crippen LogP contribution in [0.2, 0.25) is 0 Å². The summed E-state index contributed by atoms with van der Waals surface area (Å²) in [5, 5.41) is 4.34. The molecule has 39 heavy (non-hydrogen) atoms. The van der Waals surface area contributed by atoms with Gasteiger partial charge in [-0.15, -0.1) is 0 Å². The first-order valence-corrected chi connectivity index (χ1v) is 15.0. The van der Waals surface area contributed by atoms with Crippen LogP contribution in [-0.2, 0) is 23.0 Å². The van der Waals surface area contributed by atoms with Gasteiger partial charge in [-0.1, -0.05) is 12.1 Å². The van der Waals surface area contributed by atoms with Crippen LogP contribution >= 0.6 is 0 Å². The number of pyridine rings is 1. The zero-order valence-electron chi connectivity index (χ0n) is 22.5. The fourth-order valence-electron chi connectivity index (χ4n) is 5.87. The topological polar surface area (TPSA) is 91.3 Å². The summed E-state index contributed by atoms with van der Waals surface area (Å²) in [6.45, 7) is 5.93. The Labute approximate surface area is 230 Å². The van der Waals surface area contributed by atoms with Crippen LogP contribution in [0.15, 0.2) is 66.1 Å². The van der Waals surface area contributed by atoms with Gasteiger partial charge in [0.2, 0.25) is 10.0 Å². The lowest BCUT2D eigenvalue weighted by Crippen LogP contribution is -2.37. The molecule has 0 atom stereocenters. The normalized spacial score (nSPS) is 16.5. The Hall–Kier alpha value is -3.40. The highest BCUT2D eigenvalue weighted by Gasteiger charge is 2.27. The lowest BCUT2D eigenvalue weighted by Gasteiger charge is -2.31. The number of piperidine rings is 1. The number of fused-ring (bicyclic) bond motifs is 2. The van der Waals surface area contributed by atoms with Gasteiger partial charge in [-0.3, -0.25) is 4.98 Å². The van der Waals surface area contributed by atoms with E-state index in [0.717, 1.165) is 77.9 Å². The van der Waals surface area contributed by atoms with Gasteiger partial charge in [0.05, 0.1) is 10.4 Å². The number of sulfonamides is 1. The maximum Gasteiger partial charge on any atom is 0.242 e. The van der Waals surface area contributed by atoms with Gasteiger partial charge in [0.15, 0.2) is 0 Å². The van der Waals surface area contributed by atoms with Crippen LogP contribution in [0.5, 0.6) is 0 Å². The van der Waals surface area contributed by atoms with E-state index in [1.54, 1.807) is 25.6 Å². The predicted octanol–water partition coefficient (Wildman–Crippen LogP) is 4.18. The highest BCUT2D eigenvalue weighted by atomic mass is 32.2. The van der Waals surface area contributed by atoms with E-state index in [2.05, 4.69) is 45.3 Å². The lowest BCUT2D eigenvalue weighted by atomic mass is 9.98. The molecule has 0 aliphatic carbocycles. The molecule has 1 N–H and O–H groups in total. The van der Waals surface area contributed by atoms with Gasteiger partial charge < -0.3 is 10.2 Å². The summed E-state index contributed by atoms with van der Waals surface area (Å²) >= 11 is 0. The summed E-state index contributed by atoms with van der Waals surface area (Å²) < 4.78 is 28.5. The van der Waals surface area contributed by atoms with Gasteiger partial charge in [0.1, 0.15) is 12.1 Å². The SMILES string of the molecule is Cc1cc(-c2cccnc2)cc2c(N3CCc4ccc(S(=O)(=O)N(C)CC5CCNCC5)cc4C3)ncnc12. The average molecular weight is 543 g/mol. The second kappa shape index (κ2) is 10.6. The average Bonchev–Trinajstić information content (AvgIpc) is 2.97. The maximum atomic E-state index is 13.5. The van der Waals surface area contributed by atoms with E-state index in [0.29, 0.717) is 23.9 Å². The van der Waals surface area contributed by atoms with Gasteiger partial charge in [0.25, 0.3) is 0 Å². The summed E-state index contributed by atoms with van der Waals surface area (Å²) in [5.41, 5.74) is 6.35. The van der Waals surface area contributed by atoms with Gasteiger partial charge in [-0.05, 0) is 97.8 Å². The van der Waals surface area contributed by atoms with Gasteiger partial charge in [-0.2, -0.15) is 0 Å². The lowest BCUT2D eigenvalue weighted by molar-refractivity contribution is 0.311. The largest absolute Gasteiger partial charge is 0.351 e. The van der Waals surface area contributed by atoms with Crippen molar-refractivity contribution in [3.63, 3.8) is 0 Å². The molecule has 0 radical (unpaired) electrons. The van der Waals surface area contributed by atoms with E-state index < -0.39 is 10.0 Å². The van der Waals surface area contributed by atoms with Gasteiger partial charge in [-0.25, -0.2) is 22.7 Å². The molecule has 202 valence electrons. The molecule has 0 saturated carbocycles. The van der Waals surface area contributed by atoms with Crippen molar-refractivity contribution in [3.05, 3.63) is 77.9 Å². The number of benzene rings is 2. The van der Waals surface area contributed by atoms with E-state index in [-0.39, 0.29) is 0 Å². The van der Waals surface area contributed by atoms with Crippen molar-refractivity contribution in [2.75, 3.05) is 38.1 Å². The molecule has 0 bridgehead atoms. The molecule has 0 spiro atoms. The van der Waals surface area contributed by atoms with E-state index in [1.165, 1.54) is 9.87 Å². The minimum atomic E-state index is -3.57. The minimum Gasteiger partial charge on any atom is -0.351 e. The Balaban J connectivity index is 1.30. The molecule has 8 nitrogen and oxygen atoms in total. The molecule has 0 amide bonds. The second-order valence-electron chi connectivity index (χ2n) is 10.7. The number of nitrogens with zero attached hydrogens (tertiary/aromatic N) is 5. The molecule has 4 aromatic rings. The molecule has 2 aliphatic rings. The Morgan fingerprint density at radius 3 is 2.69 bits per heavy atom. The second-order valence-corrected chi connectivity index (χ2v) is 12.8. The van der Waals surface area contributed by atoms with Crippen LogP contribution in [0.1, 0.15) is 29.5 Å². The molecular formula is C30H34N6O2S. The summed E-state index contributed by atoms with van der Waals surface area (Å²) in [6, 6.07) is 13.9. The van der Waals surface area contributed by atoms with Crippen molar-refractivity contribution in [1.82, 2.24) is 24.6 Å². The fraction of sp³-hybridized carbons (Fsp3) is 0.367. The zero-order chi connectivity index (χ0) is 27.0. The van der Waals surface area contributed by atoms with Gasteiger partial charge in [0, 0.05) is 50.0 Å². The summed E-state index contributed by atoms with van der Waals surface area (Å²) in [4.78, 5) is 16.2. The molecule has 2 aromatic heterocycles. The number of anilines is 1. The van der Waals surface area contributed by atoms with Gasteiger partial charge >= 0.3 is 0 Å². The number of aryl methyl sites for hydroxylation is 1. The van der Waals surface area contributed by atoms with Crippen molar-refractivity contribution < 1.29 is 8.42 Å². The highest BCUT2D eigenvalue weighted by Crippen LogP contribution is 2.34. The Morgan fingerprint density at radius 1 is 1.05 bits per heavy atom. The van der Waals surface area contributed by atoms with E-state index >= 15 is 0 Å². The highest BCUT2D eigenvalue weighted by molar-refractivity contribution is 7.89. The summed E-state index contributed by atoms with van der Waals surface area (Å²) in [5.74, 6) is 1.26. The molecule has 1 fully saturated rings. The molecule has 1 saturated heterocycles. The van der Waals surface area contributed by atoms with E-state index in [4.69, 9.17) is 4.98 Å². The Bertz CT molecular complexity index is 1600. The number of aromatic nitrogens is 3. The smallest absolute Gasteiger partial charge is 0.242 e. The number of nitrogens with one attached hydrogen (secondary N) is 1. The van der Waals surface area contributed by atoms with Crippen molar-refractivity contribution in [3.8, 4) is 11.1 Å². The van der Waals surface area contributed by atoms with Crippen molar-refractivity contribution in [2.45, 2.75) is 37.6 Å². The maximum absolute atomic E-state index is 13.5. The van der Waals surface area contributed by atoms with Crippen LogP contribution in [-0.4, -0.2) is 60.9 Å². The fourth-order valence-corrected chi connectivity index (χ4v) is 7.16. The van der Waals surface area contributed by atoms with Crippen molar-refractivity contribution >= 4 is 26.7 Å². The predicted molar refractivity (Wildman–Crippen MR) is 154 cm³/mol. The van der Waals surface area contributed by atoms with Crippen LogP contribution < -0.4 is 10.2 Å². The van der Waals surface area contributed by atoms with Crippen LogP contribution in [0.3, 0.4) is 0 Å². The third-order valence-electron chi connectivity index (χ3n) is 8.07. The third-order valence-corrected chi connectivity index (χ3v) is 9.89. The van der Waals surface area contributed by atoms with Crippen LogP contribution in [0.4, 0.5) is 5.82 Å². The number of rotatable bonds is 6. The molecule has 2 aliphatic heterocycles. The molecule has 9 heteroatoms. The summed E-state index contributed by atoms with van der Waals surface area (Å²) in [6.07, 6.45) is 8.11. The van der Waals surface area contributed by atoms with E-state index in [1.807, 2.05) is 24.4 Å². The molecule has 2 aromatic carbocycles. The first kappa shape index (κ1) is 25.9. The first-order chi connectivity index (χ1) is 18.9. The molecule has 4 heterocycles. The minimum absolute atomic E-state index is 0.363. The summed E-state index contributed by atoms with van der Waals surface area (Å²) in [7, 11) is -1.86. The number of hydrogen-bond acceptors (Lipinski definition) is 7. The quantitative estimate of drug-likeness (QED) is 0.391. The van der Waals surface area contributed by atoms with Crippen LogP contribution in [0.25, 0.3) is 22.0 Å². The first-order valence-electron chi connectivity index (χ1n) is 13.6. The Kier molecular flexibility index (Phi) is 7.05. The van der Waals surface area contributed by atoms with Crippen molar-refractivity contribution in [1.29, 1.82) is 0 Å². The van der Waals surface area contributed by atoms with Crippen LogP contribution in [0, 0.1) is 12.8 Å². The van der Waals surface area contributed by atoms with Crippen molar-refractivity contribution in [2.24, 2.45) is 5.92 Å². The zero-order valence-corrected chi connectivity index (χ0v) is 23.3.